The highest BCUT2D eigenvalue weighted by Gasteiger charge is 2.17. The van der Waals surface area contributed by atoms with E-state index >= 15 is 0 Å². The van der Waals surface area contributed by atoms with Gasteiger partial charge in [-0.3, -0.25) is 0 Å². The van der Waals surface area contributed by atoms with E-state index in [0.29, 0.717) is 19.3 Å². The Morgan fingerprint density at radius 3 is 2.50 bits per heavy atom. The number of piperazine rings is 1. The normalized spacial score (nSPS) is 17.9. The Balaban J connectivity index is 0.00000180. The van der Waals surface area contributed by atoms with Gasteiger partial charge in [0.2, 0.25) is 0 Å². The lowest BCUT2D eigenvalue weighted by Gasteiger charge is -2.35. The summed E-state index contributed by atoms with van der Waals surface area (Å²) >= 11 is 0. The van der Waals surface area contributed by atoms with Crippen molar-refractivity contribution < 1.29 is 9.47 Å². The second-order valence-electron chi connectivity index (χ2n) is 4.58. The van der Waals surface area contributed by atoms with Gasteiger partial charge >= 0.3 is 0 Å². The average molecular weight is 323 g/mol. The molecule has 1 aliphatic rings. The van der Waals surface area contributed by atoms with Gasteiger partial charge in [0.05, 0.1) is 6.61 Å². The summed E-state index contributed by atoms with van der Waals surface area (Å²) in [5.41, 5.74) is 1.27. The fraction of sp³-hybridized carbons (Fsp3) is 0.571. The van der Waals surface area contributed by atoms with Gasteiger partial charge in [-0.25, -0.2) is 0 Å². The number of hydrogen-bond donors (Lipinski definition) is 1. The molecule has 0 aromatic heterocycles. The minimum atomic E-state index is 0. The van der Waals surface area contributed by atoms with Gasteiger partial charge in [0.15, 0.2) is 0 Å². The molecule has 116 valence electrons. The van der Waals surface area contributed by atoms with Crippen molar-refractivity contribution in [2.45, 2.75) is 13.0 Å². The predicted molar refractivity (Wildman–Crippen MR) is 88.0 cm³/mol. The van der Waals surface area contributed by atoms with E-state index in [-0.39, 0.29) is 24.8 Å². The minimum absolute atomic E-state index is 0. The van der Waals surface area contributed by atoms with Crippen LogP contribution in [0.25, 0.3) is 0 Å². The summed E-state index contributed by atoms with van der Waals surface area (Å²) in [6.45, 7) is 6.62. The van der Waals surface area contributed by atoms with Crippen molar-refractivity contribution in [2.75, 3.05) is 44.9 Å². The fourth-order valence-corrected chi connectivity index (χ4v) is 2.20. The first kappa shape index (κ1) is 19.3. The summed E-state index contributed by atoms with van der Waals surface area (Å²) in [6, 6.07) is 8.85. The zero-order valence-electron chi connectivity index (χ0n) is 12.0. The standard InChI is InChI=1S/C14H22N2O2.2ClH/c1-12-11-15-7-8-16(12)13-3-5-14(6-4-13)18-10-9-17-2;;/h3-6,12,15H,7-11H2,1-2H3;2*1H. The molecular weight excluding hydrogens is 299 g/mol. The fourth-order valence-electron chi connectivity index (χ4n) is 2.20. The van der Waals surface area contributed by atoms with E-state index in [4.69, 9.17) is 9.47 Å². The summed E-state index contributed by atoms with van der Waals surface area (Å²) in [5, 5.41) is 3.40. The molecule has 1 aromatic rings. The van der Waals surface area contributed by atoms with Gasteiger partial charge in [-0.1, -0.05) is 0 Å². The SMILES string of the molecule is COCCOc1ccc(N2CCNCC2C)cc1.Cl.Cl. The predicted octanol–water partition coefficient (Wildman–Crippen LogP) is 2.35. The van der Waals surface area contributed by atoms with Gasteiger partial charge in [0, 0.05) is 38.5 Å². The lowest BCUT2D eigenvalue weighted by Crippen LogP contribution is -2.49. The minimum Gasteiger partial charge on any atom is -0.491 e. The van der Waals surface area contributed by atoms with E-state index in [9.17, 15) is 0 Å². The highest BCUT2D eigenvalue weighted by molar-refractivity contribution is 5.85. The number of ether oxygens (including phenoxy) is 2. The number of halogens is 2. The largest absolute Gasteiger partial charge is 0.491 e. The lowest BCUT2D eigenvalue weighted by molar-refractivity contribution is 0.146. The molecule has 1 unspecified atom stereocenters. The Bertz CT molecular complexity index is 363. The Kier molecular flexibility index (Phi) is 9.76. The number of methoxy groups -OCH3 is 1. The molecule has 0 aliphatic carbocycles. The molecule has 4 nitrogen and oxygen atoms in total. The molecule has 0 bridgehead atoms. The van der Waals surface area contributed by atoms with Gasteiger partial charge < -0.3 is 19.7 Å². The van der Waals surface area contributed by atoms with Crippen LogP contribution in [0.15, 0.2) is 24.3 Å². The number of anilines is 1. The van der Waals surface area contributed by atoms with Gasteiger partial charge in [0.25, 0.3) is 0 Å². The maximum atomic E-state index is 5.56. The monoisotopic (exact) mass is 322 g/mol. The van der Waals surface area contributed by atoms with E-state index in [2.05, 4.69) is 29.3 Å². The lowest BCUT2D eigenvalue weighted by atomic mass is 10.2. The molecule has 0 radical (unpaired) electrons. The van der Waals surface area contributed by atoms with Crippen molar-refractivity contribution in [1.29, 1.82) is 0 Å². The molecule has 1 saturated heterocycles. The number of nitrogens with one attached hydrogen (secondary N) is 1. The van der Waals surface area contributed by atoms with Crippen LogP contribution in [0.2, 0.25) is 0 Å². The average Bonchev–Trinajstić information content (AvgIpc) is 2.41. The van der Waals surface area contributed by atoms with E-state index < -0.39 is 0 Å². The third-order valence-electron chi connectivity index (χ3n) is 3.23. The van der Waals surface area contributed by atoms with Crippen LogP contribution in [0.4, 0.5) is 5.69 Å². The molecule has 6 heteroatoms. The molecule has 2 rings (SSSR count). The summed E-state index contributed by atoms with van der Waals surface area (Å²) in [4.78, 5) is 2.43. The van der Waals surface area contributed by atoms with E-state index in [1.165, 1.54) is 5.69 Å². The quantitative estimate of drug-likeness (QED) is 0.844. The van der Waals surface area contributed by atoms with Crippen LogP contribution in [-0.4, -0.2) is 46.0 Å². The van der Waals surface area contributed by atoms with Crippen LogP contribution in [0.3, 0.4) is 0 Å². The molecular formula is C14H24Cl2N2O2. The molecule has 0 amide bonds. The smallest absolute Gasteiger partial charge is 0.119 e. The maximum absolute atomic E-state index is 5.56. The summed E-state index contributed by atoms with van der Waals surface area (Å²) < 4.78 is 10.5. The van der Waals surface area contributed by atoms with Crippen LogP contribution in [0.1, 0.15) is 6.92 Å². The van der Waals surface area contributed by atoms with Crippen LogP contribution < -0.4 is 15.0 Å². The van der Waals surface area contributed by atoms with Crippen LogP contribution in [0.5, 0.6) is 5.75 Å². The van der Waals surface area contributed by atoms with Gasteiger partial charge in [-0.2, -0.15) is 0 Å². The van der Waals surface area contributed by atoms with Crippen LogP contribution in [0, 0.1) is 0 Å². The molecule has 1 atom stereocenters. The van der Waals surface area contributed by atoms with Gasteiger partial charge in [-0.05, 0) is 31.2 Å². The molecule has 1 aliphatic heterocycles. The Morgan fingerprint density at radius 1 is 1.20 bits per heavy atom. The van der Waals surface area contributed by atoms with Crippen molar-refractivity contribution in [2.24, 2.45) is 0 Å². The number of hydrogen-bond acceptors (Lipinski definition) is 4. The first-order valence-electron chi connectivity index (χ1n) is 6.50. The van der Waals surface area contributed by atoms with Crippen molar-refractivity contribution in [3.8, 4) is 5.75 Å². The van der Waals surface area contributed by atoms with Crippen molar-refractivity contribution in [1.82, 2.24) is 5.32 Å². The highest BCUT2D eigenvalue weighted by atomic mass is 35.5. The second-order valence-corrected chi connectivity index (χ2v) is 4.58. The Labute approximate surface area is 133 Å². The summed E-state index contributed by atoms with van der Waals surface area (Å²) in [5.74, 6) is 0.901. The Morgan fingerprint density at radius 2 is 1.90 bits per heavy atom. The number of nitrogens with zero attached hydrogens (tertiary/aromatic N) is 1. The third-order valence-corrected chi connectivity index (χ3v) is 3.23. The molecule has 1 heterocycles. The molecule has 1 fully saturated rings. The molecule has 1 aromatic carbocycles. The summed E-state index contributed by atoms with van der Waals surface area (Å²) in [6.07, 6.45) is 0. The second kappa shape index (κ2) is 10.1. The molecule has 20 heavy (non-hydrogen) atoms. The maximum Gasteiger partial charge on any atom is 0.119 e. The van der Waals surface area contributed by atoms with Gasteiger partial charge in [0.1, 0.15) is 12.4 Å². The topological polar surface area (TPSA) is 33.7 Å². The van der Waals surface area contributed by atoms with Crippen molar-refractivity contribution in [3.63, 3.8) is 0 Å². The van der Waals surface area contributed by atoms with Crippen molar-refractivity contribution >= 4 is 30.5 Å². The number of rotatable bonds is 5. The van der Waals surface area contributed by atoms with E-state index in [1.807, 2.05) is 12.1 Å². The third kappa shape index (κ3) is 5.37. The van der Waals surface area contributed by atoms with Gasteiger partial charge in [-0.15, -0.1) is 24.8 Å². The van der Waals surface area contributed by atoms with Crippen molar-refractivity contribution in [3.05, 3.63) is 24.3 Å². The molecule has 1 N–H and O–H groups in total. The van der Waals surface area contributed by atoms with E-state index in [1.54, 1.807) is 7.11 Å². The van der Waals surface area contributed by atoms with E-state index in [0.717, 1.165) is 25.4 Å². The van der Waals surface area contributed by atoms with Crippen LogP contribution >= 0.6 is 24.8 Å². The summed E-state index contributed by atoms with van der Waals surface area (Å²) in [7, 11) is 1.68. The first-order chi connectivity index (χ1) is 8.81. The molecule has 0 spiro atoms. The molecule has 0 saturated carbocycles. The zero-order valence-corrected chi connectivity index (χ0v) is 13.6. The Hall–Kier alpha value is -0.680. The number of benzene rings is 1. The van der Waals surface area contributed by atoms with Crippen LogP contribution in [-0.2, 0) is 4.74 Å². The zero-order chi connectivity index (χ0) is 12.8. The highest BCUT2D eigenvalue weighted by Crippen LogP contribution is 2.21. The first-order valence-corrected chi connectivity index (χ1v) is 6.50.